The van der Waals surface area contributed by atoms with Crippen molar-refractivity contribution in [2.24, 2.45) is 5.41 Å². The lowest BCUT2D eigenvalue weighted by atomic mass is 9.43. The quantitative estimate of drug-likeness (QED) is 0.786. The molecule has 0 radical (unpaired) electrons. The smallest absolute Gasteiger partial charge is 0.408 e. The third kappa shape index (κ3) is 2.06. The Morgan fingerprint density at radius 2 is 1.95 bits per heavy atom. The Kier molecular flexibility index (Phi) is 3.56. The summed E-state index contributed by atoms with van der Waals surface area (Å²) in [4.78, 5) is 23.7. The van der Waals surface area contributed by atoms with Crippen molar-refractivity contribution in [3.8, 4) is 0 Å². The number of carboxylic acid groups (broad SMARTS) is 1. The molecule has 0 bridgehead atoms. The van der Waals surface area contributed by atoms with Gasteiger partial charge in [0.2, 0.25) is 0 Å². The third-order valence-corrected chi connectivity index (χ3v) is 5.13. The SMILES string of the molecule is O=C(NC1(C(=O)O)CC(O)C12CCC2)OCc1ccccc1. The van der Waals surface area contributed by atoms with Crippen LogP contribution in [0.3, 0.4) is 0 Å². The van der Waals surface area contributed by atoms with Gasteiger partial charge in [-0.1, -0.05) is 36.8 Å². The highest BCUT2D eigenvalue weighted by Crippen LogP contribution is 2.62. The van der Waals surface area contributed by atoms with E-state index in [4.69, 9.17) is 4.74 Å². The molecule has 2 aliphatic rings. The van der Waals surface area contributed by atoms with Crippen LogP contribution in [0, 0.1) is 5.41 Å². The molecular formula is C16H19NO5. The summed E-state index contributed by atoms with van der Waals surface area (Å²) in [6.07, 6.45) is 0.685. The zero-order chi connectivity index (χ0) is 15.8. The van der Waals surface area contributed by atoms with E-state index >= 15 is 0 Å². The molecule has 3 N–H and O–H groups in total. The largest absolute Gasteiger partial charge is 0.479 e. The predicted molar refractivity (Wildman–Crippen MR) is 77.0 cm³/mol. The number of rotatable bonds is 4. The zero-order valence-corrected chi connectivity index (χ0v) is 12.1. The monoisotopic (exact) mass is 305 g/mol. The molecule has 0 aliphatic heterocycles. The van der Waals surface area contributed by atoms with Crippen molar-refractivity contribution in [3.63, 3.8) is 0 Å². The van der Waals surface area contributed by atoms with Crippen LogP contribution in [0.15, 0.2) is 30.3 Å². The Hall–Kier alpha value is -2.08. The van der Waals surface area contributed by atoms with Crippen LogP contribution in [0.2, 0.25) is 0 Å². The van der Waals surface area contributed by atoms with Crippen LogP contribution in [0.1, 0.15) is 31.2 Å². The van der Waals surface area contributed by atoms with Gasteiger partial charge in [0.05, 0.1) is 6.10 Å². The maximum Gasteiger partial charge on any atom is 0.408 e. The predicted octanol–water partition coefficient (Wildman–Crippen LogP) is 1.67. The van der Waals surface area contributed by atoms with Gasteiger partial charge in [0.25, 0.3) is 0 Å². The summed E-state index contributed by atoms with van der Waals surface area (Å²) in [5, 5.41) is 22.0. The normalized spacial score (nSPS) is 28.3. The second-order valence-corrected chi connectivity index (χ2v) is 6.13. The maximum absolute atomic E-state index is 12.0. The molecule has 0 heterocycles. The fourth-order valence-electron chi connectivity index (χ4n) is 3.62. The van der Waals surface area contributed by atoms with E-state index in [1.807, 2.05) is 30.3 Å². The van der Waals surface area contributed by atoms with Crippen LogP contribution >= 0.6 is 0 Å². The molecule has 22 heavy (non-hydrogen) atoms. The lowest BCUT2D eigenvalue weighted by molar-refractivity contribution is -0.212. The number of carbonyl (C=O) groups is 2. The number of carboxylic acids is 1. The number of aliphatic hydroxyl groups is 1. The topological polar surface area (TPSA) is 95.9 Å². The molecule has 6 nitrogen and oxygen atoms in total. The van der Waals surface area contributed by atoms with E-state index in [0.29, 0.717) is 12.8 Å². The van der Waals surface area contributed by atoms with Crippen molar-refractivity contribution in [3.05, 3.63) is 35.9 Å². The third-order valence-electron chi connectivity index (χ3n) is 5.13. The number of nitrogens with one attached hydrogen (secondary N) is 1. The van der Waals surface area contributed by atoms with Crippen LogP contribution in [0.25, 0.3) is 0 Å². The second kappa shape index (κ2) is 5.28. The standard InChI is InChI=1S/C16H19NO5/c18-12-9-16(13(19)20,15(12)7-4-8-15)17-14(21)22-10-11-5-2-1-3-6-11/h1-3,5-6,12,18H,4,7-10H2,(H,17,21)(H,19,20). The average Bonchev–Trinajstić information content (AvgIpc) is 2.43. The Labute approximate surface area is 128 Å². The van der Waals surface area contributed by atoms with Gasteiger partial charge in [0, 0.05) is 11.8 Å². The number of benzene rings is 1. The highest BCUT2D eigenvalue weighted by atomic mass is 16.5. The number of aliphatic hydroxyl groups excluding tert-OH is 1. The molecule has 6 heteroatoms. The fourth-order valence-corrected chi connectivity index (χ4v) is 3.62. The summed E-state index contributed by atoms with van der Waals surface area (Å²) in [6, 6.07) is 9.17. The van der Waals surface area contributed by atoms with Crippen LogP contribution < -0.4 is 5.32 Å². The first-order valence-corrected chi connectivity index (χ1v) is 7.40. The number of hydrogen-bond donors (Lipinski definition) is 3. The molecular weight excluding hydrogens is 286 g/mol. The number of aliphatic carboxylic acids is 1. The molecule has 1 aromatic rings. The van der Waals surface area contributed by atoms with Crippen molar-refractivity contribution in [2.75, 3.05) is 0 Å². The van der Waals surface area contributed by atoms with Crippen molar-refractivity contribution < 1.29 is 24.5 Å². The summed E-state index contributed by atoms with van der Waals surface area (Å²) in [7, 11) is 0. The highest BCUT2D eigenvalue weighted by molar-refractivity contribution is 5.87. The van der Waals surface area contributed by atoms with E-state index in [9.17, 15) is 19.8 Å². The Morgan fingerprint density at radius 3 is 2.45 bits per heavy atom. The van der Waals surface area contributed by atoms with E-state index in [-0.39, 0.29) is 13.0 Å². The summed E-state index contributed by atoms with van der Waals surface area (Å²) in [5.41, 5.74) is -1.31. The molecule has 2 fully saturated rings. The van der Waals surface area contributed by atoms with Gasteiger partial charge in [-0.2, -0.15) is 0 Å². The van der Waals surface area contributed by atoms with E-state index < -0.39 is 29.1 Å². The minimum Gasteiger partial charge on any atom is -0.479 e. The molecule has 3 rings (SSSR count). The average molecular weight is 305 g/mol. The molecule has 2 unspecified atom stereocenters. The molecule has 2 saturated carbocycles. The van der Waals surface area contributed by atoms with Gasteiger partial charge in [-0.3, -0.25) is 0 Å². The van der Waals surface area contributed by atoms with Crippen LogP contribution in [-0.4, -0.2) is 33.9 Å². The fraction of sp³-hybridized carbons (Fsp3) is 0.500. The van der Waals surface area contributed by atoms with E-state index in [1.165, 1.54) is 0 Å². The Balaban J connectivity index is 1.65. The first kappa shape index (κ1) is 14.8. The van der Waals surface area contributed by atoms with E-state index in [1.54, 1.807) is 0 Å². The second-order valence-electron chi connectivity index (χ2n) is 6.13. The van der Waals surface area contributed by atoms with Crippen LogP contribution in [-0.2, 0) is 16.1 Å². The number of carbonyl (C=O) groups excluding carboxylic acids is 1. The number of amides is 1. The number of hydrogen-bond acceptors (Lipinski definition) is 4. The molecule has 0 aromatic heterocycles. The van der Waals surface area contributed by atoms with Gasteiger partial charge in [-0.15, -0.1) is 0 Å². The van der Waals surface area contributed by atoms with E-state index in [2.05, 4.69) is 5.32 Å². The summed E-state index contributed by atoms with van der Waals surface area (Å²) >= 11 is 0. The molecule has 2 aliphatic carbocycles. The van der Waals surface area contributed by atoms with E-state index in [0.717, 1.165) is 12.0 Å². The van der Waals surface area contributed by atoms with Crippen LogP contribution in [0.4, 0.5) is 4.79 Å². The minimum atomic E-state index is -1.40. The lowest BCUT2D eigenvalue weighted by Gasteiger charge is -2.64. The van der Waals surface area contributed by atoms with Gasteiger partial charge in [0.1, 0.15) is 6.61 Å². The minimum absolute atomic E-state index is 0.0305. The van der Waals surface area contributed by atoms with Crippen molar-refractivity contribution >= 4 is 12.1 Å². The lowest BCUT2D eigenvalue weighted by Crippen LogP contribution is -2.79. The summed E-state index contributed by atoms with van der Waals surface area (Å²) < 4.78 is 5.11. The van der Waals surface area contributed by atoms with Crippen LogP contribution in [0.5, 0.6) is 0 Å². The maximum atomic E-state index is 12.0. The first-order chi connectivity index (χ1) is 10.5. The summed E-state index contributed by atoms with van der Waals surface area (Å²) in [5.74, 6) is -1.10. The van der Waals surface area contributed by atoms with Gasteiger partial charge in [0.15, 0.2) is 5.54 Å². The van der Waals surface area contributed by atoms with Gasteiger partial charge in [-0.25, -0.2) is 9.59 Å². The molecule has 0 saturated heterocycles. The molecule has 118 valence electrons. The van der Waals surface area contributed by atoms with Crippen molar-refractivity contribution in [1.29, 1.82) is 0 Å². The number of ether oxygens (including phenoxy) is 1. The van der Waals surface area contributed by atoms with Gasteiger partial charge in [-0.05, 0) is 18.4 Å². The molecule has 1 amide bonds. The van der Waals surface area contributed by atoms with Crippen molar-refractivity contribution in [2.45, 2.75) is 43.9 Å². The Morgan fingerprint density at radius 1 is 1.27 bits per heavy atom. The first-order valence-electron chi connectivity index (χ1n) is 7.40. The van der Waals surface area contributed by atoms with Crippen molar-refractivity contribution in [1.82, 2.24) is 5.32 Å². The summed E-state index contributed by atoms with van der Waals surface area (Å²) in [6.45, 7) is 0.0813. The number of alkyl carbamates (subject to hydrolysis) is 1. The van der Waals surface area contributed by atoms with Gasteiger partial charge >= 0.3 is 12.1 Å². The highest BCUT2D eigenvalue weighted by Gasteiger charge is 2.72. The zero-order valence-electron chi connectivity index (χ0n) is 12.1. The Bertz CT molecular complexity index is 583. The van der Waals surface area contributed by atoms with Gasteiger partial charge < -0.3 is 20.3 Å². The molecule has 1 spiro atoms. The molecule has 2 atom stereocenters. The molecule has 1 aromatic carbocycles.